The third-order valence-corrected chi connectivity index (χ3v) is 7.25. The molecule has 0 N–H and O–H groups in total. The van der Waals surface area contributed by atoms with Crippen molar-refractivity contribution >= 4 is 32.6 Å². The number of nitrogens with zero attached hydrogens (tertiary/aromatic N) is 3. The first-order valence-corrected chi connectivity index (χ1v) is 11.5. The molecule has 1 saturated carbocycles. The maximum Gasteiger partial charge on any atom is 0.227 e. The van der Waals surface area contributed by atoms with Gasteiger partial charge in [-0.2, -0.15) is 0 Å². The van der Waals surface area contributed by atoms with Gasteiger partial charge in [0.1, 0.15) is 5.52 Å². The highest BCUT2D eigenvalue weighted by molar-refractivity contribution is 7.22. The van der Waals surface area contributed by atoms with Crippen molar-refractivity contribution in [3.63, 3.8) is 0 Å². The molecule has 0 bridgehead atoms. The van der Waals surface area contributed by atoms with Crippen LogP contribution in [0, 0.1) is 12.7 Å². The molecule has 1 unspecified atom stereocenters. The highest BCUT2D eigenvalue weighted by atomic mass is 32.1. The van der Waals surface area contributed by atoms with Gasteiger partial charge in [0, 0.05) is 25.7 Å². The largest absolute Gasteiger partial charge is 0.344 e. The van der Waals surface area contributed by atoms with Gasteiger partial charge in [0.2, 0.25) is 5.91 Å². The molecular formula is C24H26FN3OS. The fourth-order valence-corrected chi connectivity index (χ4v) is 5.46. The van der Waals surface area contributed by atoms with Crippen molar-refractivity contribution in [2.45, 2.75) is 45.1 Å². The molecule has 1 amide bonds. The lowest BCUT2D eigenvalue weighted by Gasteiger charge is -2.39. The molecule has 1 saturated heterocycles. The molecule has 1 atom stereocenters. The van der Waals surface area contributed by atoms with Crippen LogP contribution < -0.4 is 4.90 Å². The summed E-state index contributed by atoms with van der Waals surface area (Å²) in [7, 11) is 0. The topological polar surface area (TPSA) is 36.4 Å². The van der Waals surface area contributed by atoms with Crippen molar-refractivity contribution in [3.05, 3.63) is 58.9 Å². The van der Waals surface area contributed by atoms with Gasteiger partial charge in [-0.15, -0.1) is 0 Å². The molecule has 1 aromatic heterocycles. The van der Waals surface area contributed by atoms with Crippen LogP contribution >= 0.6 is 11.3 Å². The summed E-state index contributed by atoms with van der Waals surface area (Å²) in [6.45, 7) is 6.08. The molecule has 6 heteroatoms. The van der Waals surface area contributed by atoms with Crippen molar-refractivity contribution in [2.24, 2.45) is 0 Å². The predicted molar refractivity (Wildman–Crippen MR) is 120 cm³/mol. The second-order valence-electron chi connectivity index (χ2n) is 8.66. The second-order valence-corrected chi connectivity index (χ2v) is 9.67. The molecule has 1 aliphatic carbocycles. The lowest BCUT2D eigenvalue weighted by Crippen LogP contribution is -2.54. The predicted octanol–water partition coefficient (Wildman–Crippen LogP) is 4.90. The normalized spacial score (nSPS) is 19.5. The molecule has 156 valence electrons. The molecule has 0 spiro atoms. The minimum atomic E-state index is -0.262. The summed E-state index contributed by atoms with van der Waals surface area (Å²) in [6.07, 6.45) is 3.03. The van der Waals surface area contributed by atoms with Crippen LogP contribution in [0.5, 0.6) is 0 Å². The van der Waals surface area contributed by atoms with Crippen LogP contribution in [0.2, 0.25) is 0 Å². The monoisotopic (exact) mass is 423 g/mol. The Balaban J connectivity index is 1.25. The maximum absolute atomic E-state index is 14.2. The van der Waals surface area contributed by atoms with E-state index in [2.05, 4.69) is 41.1 Å². The van der Waals surface area contributed by atoms with Gasteiger partial charge in [0.05, 0.1) is 11.1 Å². The van der Waals surface area contributed by atoms with Crippen LogP contribution in [-0.4, -0.2) is 41.5 Å². The van der Waals surface area contributed by atoms with E-state index < -0.39 is 0 Å². The van der Waals surface area contributed by atoms with Crippen molar-refractivity contribution in [1.29, 1.82) is 0 Å². The Morgan fingerprint density at radius 3 is 2.67 bits per heavy atom. The van der Waals surface area contributed by atoms with Gasteiger partial charge in [-0.1, -0.05) is 35.6 Å². The Kier molecular flexibility index (Phi) is 4.97. The first kappa shape index (κ1) is 19.5. The summed E-state index contributed by atoms with van der Waals surface area (Å²) in [6, 6.07) is 12.2. The van der Waals surface area contributed by atoms with Crippen molar-refractivity contribution in [3.8, 4) is 0 Å². The molecule has 30 heavy (non-hydrogen) atoms. The summed E-state index contributed by atoms with van der Waals surface area (Å²) in [4.78, 5) is 21.6. The number of thiazole rings is 1. The number of benzene rings is 2. The first-order valence-electron chi connectivity index (χ1n) is 10.7. The molecule has 2 aromatic carbocycles. The van der Waals surface area contributed by atoms with E-state index in [0.717, 1.165) is 33.4 Å². The van der Waals surface area contributed by atoms with Gasteiger partial charge in [-0.3, -0.25) is 4.79 Å². The number of hydrogen-bond donors (Lipinski definition) is 0. The zero-order valence-electron chi connectivity index (χ0n) is 17.4. The summed E-state index contributed by atoms with van der Waals surface area (Å²) in [5.41, 5.74) is 3.83. The van der Waals surface area contributed by atoms with E-state index in [1.807, 2.05) is 17.9 Å². The number of anilines is 1. The molecule has 2 aliphatic rings. The van der Waals surface area contributed by atoms with E-state index in [1.54, 1.807) is 0 Å². The SMILES string of the molecule is Cc1cc(F)c2nc(N3CCN(C(=O)Cc4ccc(C5CC5)cc4)C(C)C3)sc2c1. The first-order chi connectivity index (χ1) is 14.5. The van der Waals surface area contributed by atoms with Crippen molar-refractivity contribution < 1.29 is 9.18 Å². The number of aromatic nitrogens is 1. The van der Waals surface area contributed by atoms with E-state index in [-0.39, 0.29) is 17.8 Å². The van der Waals surface area contributed by atoms with E-state index in [0.29, 0.717) is 25.0 Å². The Morgan fingerprint density at radius 2 is 1.97 bits per heavy atom. The minimum Gasteiger partial charge on any atom is -0.344 e. The number of piperazine rings is 1. The molecule has 4 nitrogen and oxygen atoms in total. The standard InChI is InChI=1S/C24H26FN3OS/c1-15-11-20(25)23-21(12-15)30-24(26-23)27-9-10-28(16(2)14-27)22(29)13-17-3-5-18(6-4-17)19-7-8-19/h3-6,11-12,16,19H,7-10,13-14H2,1-2H3. The van der Waals surface area contributed by atoms with Crippen LogP contribution in [0.3, 0.4) is 0 Å². The highest BCUT2D eigenvalue weighted by Crippen LogP contribution is 2.40. The summed E-state index contributed by atoms with van der Waals surface area (Å²) in [5, 5.41) is 0.837. The lowest BCUT2D eigenvalue weighted by molar-refractivity contribution is -0.132. The smallest absolute Gasteiger partial charge is 0.227 e. The fourth-order valence-electron chi connectivity index (χ4n) is 4.34. The van der Waals surface area contributed by atoms with Crippen molar-refractivity contribution in [1.82, 2.24) is 9.88 Å². The van der Waals surface area contributed by atoms with Crippen molar-refractivity contribution in [2.75, 3.05) is 24.5 Å². The Morgan fingerprint density at radius 1 is 1.20 bits per heavy atom. The van der Waals surface area contributed by atoms with Crippen LogP contribution in [-0.2, 0) is 11.2 Å². The van der Waals surface area contributed by atoms with Gasteiger partial charge in [0.15, 0.2) is 10.9 Å². The van der Waals surface area contributed by atoms with Gasteiger partial charge in [0.25, 0.3) is 0 Å². The lowest BCUT2D eigenvalue weighted by atomic mass is 10.0. The van der Waals surface area contributed by atoms with Crippen LogP contribution in [0.4, 0.5) is 9.52 Å². The van der Waals surface area contributed by atoms with E-state index >= 15 is 0 Å². The number of fused-ring (bicyclic) bond motifs is 1. The highest BCUT2D eigenvalue weighted by Gasteiger charge is 2.29. The number of aryl methyl sites for hydroxylation is 1. The number of hydrogen-bond acceptors (Lipinski definition) is 4. The van der Waals surface area contributed by atoms with Gasteiger partial charge in [-0.25, -0.2) is 9.37 Å². The molecule has 3 aromatic rings. The number of carbonyl (C=O) groups excluding carboxylic acids is 1. The third kappa shape index (κ3) is 3.81. The number of carbonyl (C=O) groups is 1. The Hall–Kier alpha value is -2.47. The average molecular weight is 424 g/mol. The third-order valence-electron chi connectivity index (χ3n) is 6.18. The molecule has 1 aliphatic heterocycles. The number of amides is 1. The van der Waals surface area contributed by atoms with E-state index in [1.165, 1.54) is 35.8 Å². The molecule has 2 fully saturated rings. The molecule has 0 radical (unpaired) electrons. The Labute approximate surface area is 180 Å². The average Bonchev–Trinajstić information content (AvgIpc) is 3.47. The zero-order chi connectivity index (χ0) is 20.8. The van der Waals surface area contributed by atoms with E-state index in [4.69, 9.17) is 0 Å². The molecule has 5 rings (SSSR count). The van der Waals surface area contributed by atoms with Crippen LogP contribution in [0.15, 0.2) is 36.4 Å². The van der Waals surface area contributed by atoms with Gasteiger partial charge < -0.3 is 9.80 Å². The number of halogens is 1. The Bertz CT molecular complexity index is 1090. The quantitative estimate of drug-likeness (QED) is 0.599. The summed E-state index contributed by atoms with van der Waals surface area (Å²) in [5.74, 6) is 0.650. The van der Waals surface area contributed by atoms with Crippen LogP contribution in [0.1, 0.15) is 42.4 Å². The second kappa shape index (κ2) is 7.65. The molecular weight excluding hydrogens is 397 g/mol. The summed E-state index contributed by atoms with van der Waals surface area (Å²) >= 11 is 1.53. The maximum atomic E-state index is 14.2. The van der Waals surface area contributed by atoms with Crippen LogP contribution in [0.25, 0.3) is 10.2 Å². The van der Waals surface area contributed by atoms with Gasteiger partial charge in [-0.05, 0) is 61.4 Å². The molecule has 2 heterocycles. The zero-order valence-corrected chi connectivity index (χ0v) is 18.2. The fraction of sp³-hybridized carbons (Fsp3) is 0.417. The van der Waals surface area contributed by atoms with E-state index in [9.17, 15) is 9.18 Å². The minimum absolute atomic E-state index is 0.0931. The van der Waals surface area contributed by atoms with Gasteiger partial charge >= 0.3 is 0 Å². The summed E-state index contributed by atoms with van der Waals surface area (Å²) < 4.78 is 15.1. The number of rotatable bonds is 4.